The summed E-state index contributed by atoms with van der Waals surface area (Å²) in [6, 6.07) is 13.4. The van der Waals surface area contributed by atoms with E-state index in [-0.39, 0.29) is 5.28 Å². The predicted molar refractivity (Wildman–Crippen MR) is 88.5 cm³/mol. The number of ether oxygens (including phenoxy) is 1. The number of hydrogen-bond acceptors (Lipinski definition) is 4. The monoisotopic (exact) mass is 363 g/mol. The van der Waals surface area contributed by atoms with E-state index in [4.69, 9.17) is 16.3 Å². The summed E-state index contributed by atoms with van der Waals surface area (Å²) in [7, 11) is 1.63. The average molecular weight is 365 g/mol. The van der Waals surface area contributed by atoms with Crippen LogP contribution in [0.4, 0.5) is 11.5 Å². The van der Waals surface area contributed by atoms with Crippen LogP contribution >= 0.6 is 27.5 Å². The van der Waals surface area contributed by atoms with Gasteiger partial charge in [0.2, 0.25) is 5.28 Å². The lowest BCUT2D eigenvalue weighted by Gasteiger charge is -2.10. The van der Waals surface area contributed by atoms with Gasteiger partial charge in [-0.1, -0.05) is 12.1 Å². The maximum Gasteiger partial charge on any atom is 0.224 e. The number of para-hydroxylation sites is 1. The van der Waals surface area contributed by atoms with Gasteiger partial charge in [-0.3, -0.25) is 0 Å². The molecule has 0 bridgehead atoms. The third-order valence-corrected chi connectivity index (χ3v) is 3.78. The Labute approximate surface area is 135 Å². The van der Waals surface area contributed by atoms with Crippen LogP contribution < -0.4 is 10.1 Å². The highest BCUT2D eigenvalue weighted by atomic mass is 79.9. The lowest BCUT2D eigenvalue weighted by Crippen LogP contribution is -1.97. The summed E-state index contributed by atoms with van der Waals surface area (Å²) in [6.07, 6.45) is 0. The molecule has 106 valence electrons. The van der Waals surface area contributed by atoms with Crippen LogP contribution in [0.5, 0.6) is 5.75 Å². The van der Waals surface area contributed by atoms with Crippen molar-refractivity contribution in [2.75, 3.05) is 12.4 Å². The van der Waals surface area contributed by atoms with Gasteiger partial charge >= 0.3 is 0 Å². The van der Waals surface area contributed by atoms with E-state index < -0.39 is 0 Å². The first-order valence-corrected chi connectivity index (χ1v) is 7.37. The maximum absolute atomic E-state index is 5.98. The van der Waals surface area contributed by atoms with Crippen LogP contribution in [0.25, 0.3) is 10.9 Å². The summed E-state index contributed by atoms with van der Waals surface area (Å²) in [5.74, 6) is 1.44. The lowest BCUT2D eigenvalue weighted by molar-refractivity contribution is 0.412. The molecule has 0 spiro atoms. The molecule has 0 unspecified atom stereocenters. The van der Waals surface area contributed by atoms with Gasteiger partial charge in [0, 0.05) is 11.1 Å². The Kier molecular flexibility index (Phi) is 3.94. The standard InChI is InChI=1S/C15H11BrClN3O/c1-21-13-7-6-9(8-11(13)16)18-14-10-4-2-3-5-12(10)19-15(17)20-14/h2-8H,1H3,(H,18,19,20). The molecule has 0 saturated heterocycles. The number of hydrogen-bond donors (Lipinski definition) is 1. The molecular weight excluding hydrogens is 354 g/mol. The molecular formula is C15H11BrClN3O. The molecule has 0 aliphatic carbocycles. The lowest BCUT2D eigenvalue weighted by atomic mass is 10.2. The van der Waals surface area contributed by atoms with Crippen LogP contribution in [-0.2, 0) is 0 Å². The van der Waals surface area contributed by atoms with Gasteiger partial charge in [-0.05, 0) is 57.9 Å². The van der Waals surface area contributed by atoms with Gasteiger partial charge in [0.1, 0.15) is 11.6 Å². The SMILES string of the molecule is COc1ccc(Nc2nc(Cl)nc3ccccc23)cc1Br. The normalized spacial score (nSPS) is 10.6. The molecule has 6 heteroatoms. The smallest absolute Gasteiger partial charge is 0.224 e. The predicted octanol–water partition coefficient (Wildman–Crippen LogP) is 4.80. The van der Waals surface area contributed by atoms with Gasteiger partial charge in [-0.15, -0.1) is 0 Å². The van der Waals surface area contributed by atoms with Crippen molar-refractivity contribution in [1.82, 2.24) is 9.97 Å². The van der Waals surface area contributed by atoms with Gasteiger partial charge in [0.25, 0.3) is 0 Å². The molecule has 0 aliphatic rings. The number of anilines is 2. The third-order valence-electron chi connectivity index (χ3n) is 2.99. The highest BCUT2D eigenvalue weighted by Gasteiger charge is 2.08. The molecule has 0 atom stereocenters. The van der Waals surface area contributed by atoms with Crippen molar-refractivity contribution in [1.29, 1.82) is 0 Å². The molecule has 0 saturated carbocycles. The minimum Gasteiger partial charge on any atom is -0.496 e. The van der Waals surface area contributed by atoms with Crippen molar-refractivity contribution < 1.29 is 4.74 Å². The summed E-state index contributed by atoms with van der Waals surface area (Å²) in [4.78, 5) is 8.47. The van der Waals surface area contributed by atoms with Crippen molar-refractivity contribution in [3.8, 4) is 5.75 Å². The third kappa shape index (κ3) is 2.94. The molecule has 0 amide bonds. The second-order valence-electron chi connectivity index (χ2n) is 4.33. The Morgan fingerprint density at radius 1 is 1.14 bits per heavy atom. The van der Waals surface area contributed by atoms with Crippen molar-refractivity contribution in [2.45, 2.75) is 0 Å². The molecule has 0 radical (unpaired) electrons. The van der Waals surface area contributed by atoms with Crippen LogP contribution in [-0.4, -0.2) is 17.1 Å². The summed E-state index contributed by atoms with van der Waals surface area (Å²) < 4.78 is 6.08. The van der Waals surface area contributed by atoms with Crippen LogP contribution in [0.2, 0.25) is 5.28 Å². The molecule has 1 N–H and O–H groups in total. The fourth-order valence-electron chi connectivity index (χ4n) is 2.02. The average Bonchev–Trinajstić information content (AvgIpc) is 2.47. The maximum atomic E-state index is 5.98. The Morgan fingerprint density at radius 2 is 1.95 bits per heavy atom. The summed E-state index contributed by atoms with van der Waals surface area (Å²) in [5, 5.41) is 4.38. The molecule has 3 aromatic rings. The molecule has 1 aromatic heterocycles. The van der Waals surface area contributed by atoms with Gasteiger partial charge in [-0.2, -0.15) is 4.98 Å². The summed E-state index contributed by atoms with van der Waals surface area (Å²) >= 11 is 9.44. The second kappa shape index (κ2) is 5.87. The second-order valence-corrected chi connectivity index (χ2v) is 5.53. The van der Waals surface area contributed by atoms with Crippen molar-refractivity contribution in [2.24, 2.45) is 0 Å². The van der Waals surface area contributed by atoms with Crippen LogP contribution in [0.1, 0.15) is 0 Å². The number of methoxy groups -OCH3 is 1. The fourth-order valence-corrected chi connectivity index (χ4v) is 2.74. The molecule has 1 heterocycles. The number of halogens is 2. The minimum absolute atomic E-state index is 0.212. The largest absolute Gasteiger partial charge is 0.496 e. The van der Waals surface area contributed by atoms with Gasteiger partial charge in [-0.25, -0.2) is 4.98 Å². The highest BCUT2D eigenvalue weighted by Crippen LogP contribution is 2.30. The first-order valence-electron chi connectivity index (χ1n) is 6.20. The van der Waals surface area contributed by atoms with Crippen molar-refractivity contribution in [3.63, 3.8) is 0 Å². The number of nitrogens with one attached hydrogen (secondary N) is 1. The van der Waals surface area contributed by atoms with E-state index in [1.807, 2.05) is 42.5 Å². The van der Waals surface area contributed by atoms with E-state index in [9.17, 15) is 0 Å². The Bertz CT molecular complexity index is 810. The minimum atomic E-state index is 0.212. The topological polar surface area (TPSA) is 47.0 Å². The first kappa shape index (κ1) is 14.1. The zero-order valence-corrected chi connectivity index (χ0v) is 13.4. The van der Waals surface area contributed by atoms with E-state index in [1.54, 1.807) is 7.11 Å². The van der Waals surface area contributed by atoms with E-state index in [0.29, 0.717) is 5.82 Å². The Morgan fingerprint density at radius 3 is 2.71 bits per heavy atom. The Balaban J connectivity index is 2.03. The van der Waals surface area contributed by atoms with Gasteiger partial charge in [0.15, 0.2) is 0 Å². The van der Waals surface area contributed by atoms with E-state index in [0.717, 1.165) is 26.8 Å². The van der Waals surface area contributed by atoms with Crippen LogP contribution in [0.3, 0.4) is 0 Å². The number of fused-ring (bicyclic) bond motifs is 1. The molecule has 21 heavy (non-hydrogen) atoms. The molecule has 0 fully saturated rings. The number of benzene rings is 2. The molecule has 2 aromatic carbocycles. The van der Waals surface area contributed by atoms with Crippen LogP contribution in [0.15, 0.2) is 46.9 Å². The fraction of sp³-hybridized carbons (Fsp3) is 0.0667. The zero-order chi connectivity index (χ0) is 14.8. The Hall–Kier alpha value is -1.85. The van der Waals surface area contributed by atoms with E-state index in [2.05, 4.69) is 31.2 Å². The van der Waals surface area contributed by atoms with Crippen LogP contribution in [0, 0.1) is 0 Å². The van der Waals surface area contributed by atoms with E-state index in [1.165, 1.54) is 0 Å². The zero-order valence-electron chi connectivity index (χ0n) is 11.1. The molecule has 4 nitrogen and oxygen atoms in total. The number of nitrogens with zero attached hydrogens (tertiary/aromatic N) is 2. The highest BCUT2D eigenvalue weighted by molar-refractivity contribution is 9.10. The van der Waals surface area contributed by atoms with Gasteiger partial charge in [0.05, 0.1) is 17.1 Å². The molecule has 3 rings (SSSR count). The van der Waals surface area contributed by atoms with Crippen molar-refractivity contribution >= 4 is 49.9 Å². The van der Waals surface area contributed by atoms with Crippen molar-refractivity contribution in [3.05, 3.63) is 52.2 Å². The van der Waals surface area contributed by atoms with E-state index >= 15 is 0 Å². The number of rotatable bonds is 3. The summed E-state index contributed by atoms with van der Waals surface area (Å²) in [5.41, 5.74) is 1.68. The number of aromatic nitrogens is 2. The first-order chi connectivity index (χ1) is 10.2. The van der Waals surface area contributed by atoms with Gasteiger partial charge < -0.3 is 10.1 Å². The summed E-state index contributed by atoms with van der Waals surface area (Å²) in [6.45, 7) is 0. The quantitative estimate of drug-likeness (QED) is 0.678. The molecule has 0 aliphatic heterocycles.